The molecule has 2 amide bonds. The maximum Gasteiger partial charge on any atom is 0.374 e. The number of H-pyrrole nitrogens is 1. The Morgan fingerprint density at radius 3 is 1.15 bits per heavy atom. The fraction of sp³-hybridized carbons (Fsp3) is 0.315. The number of rotatable bonds is 34. The molecule has 0 saturated carbocycles. The Morgan fingerprint density at radius 2 is 0.821 bits per heavy atom. The second kappa shape index (κ2) is 50.2. The molecule has 6 atom stereocenters. The van der Waals surface area contributed by atoms with Gasteiger partial charge in [-0.25, -0.2) is 18.0 Å². The van der Waals surface area contributed by atoms with Gasteiger partial charge in [0.2, 0.25) is 17.3 Å². The van der Waals surface area contributed by atoms with Gasteiger partial charge in [0.05, 0.1) is 37.8 Å². The van der Waals surface area contributed by atoms with Crippen LogP contribution in [-0.4, -0.2) is 102 Å². The van der Waals surface area contributed by atoms with Crippen molar-refractivity contribution < 1.29 is 84.7 Å². The number of nitrogens with zero attached hydrogens (tertiary/aromatic N) is 2. The first-order chi connectivity index (χ1) is 56.1. The molecule has 11 aromatic rings. The van der Waals surface area contributed by atoms with Crippen molar-refractivity contribution in [2.45, 2.75) is 159 Å². The fourth-order valence-electron chi connectivity index (χ4n) is 12.6. The van der Waals surface area contributed by atoms with Gasteiger partial charge in [-0.2, -0.15) is 5.16 Å². The molecule has 11 rings (SSSR count). The van der Waals surface area contributed by atoms with Gasteiger partial charge < -0.3 is 59.1 Å². The summed E-state index contributed by atoms with van der Waals surface area (Å²) in [6.45, 7) is 14.9. The highest BCUT2D eigenvalue weighted by molar-refractivity contribution is 14.0. The summed E-state index contributed by atoms with van der Waals surface area (Å²) in [5.74, 6) is -2.70. The lowest BCUT2D eigenvalue weighted by Crippen LogP contribution is -2.42. The number of ketones is 2. The van der Waals surface area contributed by atoms with Crippen LogP contribution in [0.15, 0.2) is 212 Å². The first kappa shape index (κ1) is 106. The van der Waals surface area contributed by atoms with Gasteiger partial charge in [-0.3, -0.25) is 28.8 Å². The first-order valence-corrected chi connectivity index (χ1v) is 38.9. The molecule has 7 N–H and O–H groups in total. The van der Waals surface area contributed by atoms with E-state index in [0.29, 0.717) is 87.8 Å². The van der Waals surface area contributed by atoms with Crippen LogP contribution >= 0.6 is 71.2 Å². The van der Waals surface area contributed by atoms with Crippen molar-refractivity contribution in [2.75, 3.05) is 14.2 Å². The molecule has 22 nitrogen and oxygen atoms in total. The highest BCUT2D eigenvalue weighted by Crippen LogP contribution is 2.36. The van der Waals surface area contributed by atoms with E-state index in [9.17, 15) is 51.8 Å². The lowest BCUT2D eigenvalue weighted by Gasteiger charge is -2.30. The normalized spacial score (nSPS) is 12.7. The number of nitrogens with one attached hydrogen (secondary N) is 3. The van der Waals surface area contributed by atoms with E-state index in [1.165, 1.54) is 48.5 Å². The van der Waals surface area contributed by atoms with Crippen molar-refractivity contribution in [3.05, 3.63) is 282 Å². The Morgan fingerprint density at radius 1 is 0.488 bits per heavy atom. The Hall–Kier alpha value is -10.7. The molecule has 8 aromatic carbocycles. The second-order valence-corrected chi connectivity index (χ2v) is 30.5. The van der Waals surface area contributed by atoms with Crippen molar-refractivity contribution in [3.8, 4) is 56.6 Å². The topological polar surface area (TPSA) is 328 Å². The zero-order valence-electron chi connectivity index (χ0n) is 68.2. The number of methoxy groups -OCH3 is 2. The average Bonchev–Trinajstić information content (AvgIpc) is 1.69. The van der Waals surface area contributed by atoms with Crippen molar-refractivity contribution >= 4 is 115 Å². The molecule has 123 heavy (non-hydrogen) atoms. The third-order valence-electron chi connectivity index (χ3n) is 20.6. The van der Waals surface area contributed by atoms with Crippen molar-refractivity contribution in [2.24, 2.45) is 22.0 Å². The Labute approximate surface area is 754 Å². The summed E-state index contributed by atoms with van der Waals surface area (Å²) in [5, 5.41) is 34.9. The van der Waals surface area contributed by atoms with Gasteiger partial charge in [-0.05, 0) is 212 Å². The fourth-order valence-corrected chi connectivity index (χ4v) is 13.1. The molecule has 0 unspecified atom stereocenters. The Kier molecular flexibility index (Phi) is 43.4. The monoisotopic (exact) mass is 1880 g/mol. The number of carbonyl (C=O) groups is 6. The number of carbonyl (C=O) groups excluding carboxylic acids is 4. The number of ether oxygens (including phenoxy) is 4. The van der Waals surface area contributed by atoms with Crippen molar-refractivity contribution in [3.63, 3.8) is 0 Å². The van der Waals surface area contributed by atoms with Crippen molar-refractivity contribution in [1.29, 1.82) is 0 Å². The van der Waals surface area contributed by atoms with Crippen molar-refractivity contribution in [1.82, 2.24) is 26.1 Å². The Bertz CT molecular complexity index is 5280. The summed E-state index contributed by atoms with van der Waals surface area (Å²) < 4.78 is 78.3. The van der Waals surface area contributed by atoms with Crippen LogP contribution in [-0.2, 0) is 46.9 Å². The van der Waals surface area contributed by atoms with Crippen LogP contribution in [0, 0.1) is 33.7 Å². The minimum Gasteiger partial charge on any atom is -0.497 e. The number of benzene rings is 8. The van der Waals surface area contributed by atoms with Gasteiger partial charge in [0.25, 0.3) is 29.1 Å². The number of hydrogen-bond donors (Lipinski definition) is 6. The maximum atomic E-state index is 14.4. The van der Waals surface area contributed by atoms with Crippen LogP contribution in [0.25, 0.3) is 33.4 Å². The number of carboxylic acid groups (broad SMARTS) is 2. The Balaban J connectivity index is 0.000000435. The molecule has 3 radical (unpaired) electrons. The molecule has 0 saturated heterocycles. The quantitative estimate of drug-likeness (QED) is 0.0161. The van der Waals surface area contributed by atoms with E-state index >= 15 is 0 Å². The molecule has 657 valence electrons. The van der Waals surface area contributed by atoms with Gasteiger partial charge in [0, 0.05) is 69.1 Å². The smallest absolute Gasteiger partial charge is 0.374 e. The average molecular weight is 1890 g/mol. The zero-order chi connectivity index (χ0) is 86.0. The number of Topliss-reactive ketones (excluding diaryl/α,β-unsaturated/α-hetero) is 2. The number of aromatic carboxylic acids is 1. The van der Waals surface area contributed by atoms with Crippen LogP contribution in [0.4, 0.5) is 13.2 Å². The number of halogens is 8. The molecule has 0 bridgehead atoms. The highest BCUT2D eigenvalue weighted by atomic mass is 127. The number of aromatic amines is 1. The van der Waals surface area contributed by atoms with Crippen LogP contribution in [0.3, 0.4) is 0 Å². The summed E-state index contributed by atoms with van der Waals surface area (Å²) in [4.78, 5) is 83.8. The van der Waals surface area contributed by atoms with Gasteiger partial charge in [0.1, 0.15) is 53.7 Å². The number of nitrogens with two attached hydrogens (primary N) is 1. The molecule has 3 heterocycles. The summed E-state index contributed by atoms with van der Waals surface area (Å²) in [6.07, 6.45) is 4.44. The summed E-state index contributed by atoms with van der Waals surface area (Å²) in [7, 11) is 3.19. The van der Waals surface area contributed by atoms with Gasteiger partial charge in [-0.1, -0.05) is 181 Å². The van der Waals surface area contributed by atoms with E-state index in [2.05, 4.69) is 30.6 Å². The number of amides is 2. The summed E-state index contributed by atoms with van der Waals surface area (Å²) in [6, 6.07) is 52.7. The third kappa shape index (κ3) is 31.6. The molecule has 0 aliphatic heterocycles. The molecule has 0 aliphatic rings. The summed E-state index contributed by atoms with van der Waals surface area (Å²) in [5.41, 5.74) is 11.6. The number of aromatic nitrogens is 3. The van der Waals surface area contributed by atoms with Gasteiger partial charge in [-0.15, -0.1) is 36.4 Å². The van der Waals surface area contributed by atoms with Gasteiger partial charge >= 0.3 is 11.9 Å². The first-order valence-electron chi connectivity index (χ1n) is 37.8. The largest absolute Gasteiger partial charge is 0.497 e. The van der Waals surface area contributed by atoms with Crippen LogP contribution < -0.4 is 40.9 Å². The molecule has 0 fully saturated rings. The van der Waals surface area contributed by atoms with E-state index in [4.69, 9.17) is 73.6 Å². The van der Waals surface area contributed by atoms with Crippen LogP contribution in [0.5, 0.6) is 23.3 Å². The third-order valence-corrected chi connectivity index (χ3v) is 21.3. The molecule has 3 aromatic heterocycles. The van der Waals surface area contributed by atoms with Gasteiger partial charge in [0.15, 0.2) is 0 Å². The van der Waals surface area contributed by atoms with E-state index in [1.54, 1.807) is 84.4 Å². The lowest BCUT2D eigenvalue weighted by atomic mass is 9.77. The number of carboxylic acids is 2. The molecular weight excluding hydrogens is 1780 g/mol. The molecular formula is C92H104BCl4F3IN6O16. The van der Waals surface area contributed by atoms with E-state index < -0.39 is 58.0 Å². The minimum absolute atomic E-state index is 0. The predicted octanol–water partition coefficient (Wildman–Crippen LogP) is 21.4. The summed E-state index contributed by atoms with van der Waals surface area (Å²) >= 11 is 18.0. The van der Waals surface area contributed by atoms with E-state index in [1.807, 2.05) is 125 Å². The number of hydrogen-bond acceptors (Lipinski definition) is 17. The zero-order valence-corrected chi connectivity index (χ0v) is 73.6. The maximum absolute atomic E-state index is 14.4. The SMILES string of the molecule is C.C.CC[C@](C)(C[C@@H](Cc1ccc(-c2cc(Cl)ccc2F)cc1)NC(=O)c1cc(=O)[nH]o1)C(=O)O.CC[C@](C)(C[C@@H](Cc1ccc(-c2cc(Cl)ccc2F)cc1)NC(=O)c1cc(OCc2ccc(OC)cc2)no1)C(C)=O.CC[C@](C)(C[C@H](N)Cc1ccc(-c2cc(Cl)ccc2F)cc1)C(C)=O.COc1ccc(COc2cc(C(=O)O)on2)cc1.Cl.I.[B]. The standard InChI is InChI=1S/C33H34ClFN2O5.C24H24ClFN2O5.C21H25ClFNO.C12H11NO5.2CH4.B.ClH.HI/c1-5-33(3,21(2)38)19-26(16-22-6-10-24(11-7-22)28-17-25(34)12-15-29(28)35)36-32(39)30-18-31(37-42-30)41-20-23-8-13-27(40-4)14-9-23;1-3-24(2,23(31)32)13-17(27-22(30)20-12-21(29)28-33-20)10-14-4-6-15(7-5-14)18-11-16(25)8-9-19(18)26;1-4-21(3,14(2)25)13-18(24)11-15-5-7-16(8-6-15)19-12-17(22)9-10-20(19)23;1-16-9-4-2-8(3-5-9)7-17-11-6-10(12(14)15)18-13-11;;;;;/h6-15,17-18,26H,5,16,19-20H2,1-4H3,(H,36,39);4-9,11-12,17H,3,10,13H2,1-2H3,(H,27,30)(H,28,29)(H,31,32);5-10,12,18H,4,11,13,24H2,1-3H3;2-6H,7H2,1H3,(H,14,15);2*1H4;;2*1H/t26-,33-;17-,24-;18-,21-;;;;;;/m111....../s1. The minimum atomic E-state index is -1.18. The van der Waals surface area contributed by atoms with E-state index in [-0.39, 0.29) is 143 Å². The van der Waals surface area contributed by atoms with Crippen LogP contribution in [0.1, 0.15) is 168 Å². The second-order valence-electron chi connectivity index (χ2n) is 29.2. The predicted molar refractivity (Wildman–Crippen MR) is 486 cm³/mol. The highest BCUT2D eigenvalue weighted by Gasteiger charge is 2.36. The lowest BCUT2D eigenvalue weighted by molar-refractivity contribution is -0.149. The number of aliphatic carboxylic acids is 1. The molecule has 0 spiro atoms. The van der Waals surface area contributed by atoms with Crippen LogP contribution in [0.2, 0.25) is 15.1 Å². The molecule has 31 heteroatoms. The van der Waals surface area contributed by atoms with E-state index in [0.717, 1.165) is 57.4 Å². The molecule has 0 aliphatic carbocycles.